The molecule has 7 nitrogen and oxygen atoms in total. The molecule has 0 bridgehead atoms. The SMILES string of the molecule is C=CCCC(=O)NC1=CC=CC(C)C=C1Cl.CCC(=O)O.CN=NN(CCC1CCCCC1)CC1CC1. The van der Waals surface area contributed by atoms with E-state index in [4.69, 9.17) is 16.7 Å². The van der Waals surface area contributed by atoms with Gasteiger partial charge in [-0.15, -0.1) is 6.58 Å². The number of nitrogens with one attached hydrogen (secondary N) is 1. The number of halogens is 1. The molecular weight excluding hydrogens is 488 g/mol. The van der Waals surface area contributed by atoms with Crippen molar-refractivity contribution in [3.8, 4) is 0 Å². The number of carboxylic acid groups (broad SMARTS) is 1. The second kappa shape index (κ2) is 19.7. The maximum Gasteiger partial charge on any atom is 0.303 e. The van der Waals surface area contributed by atoms with Gasteiger partial charge >= 0.3 is 5.97 Å². The number of rotatable bonds is 11. The van der Waals surface area contributed by atoms with E-state index in [0.29, 0.717) is 23.6 Å². The van der Waals surface area contributed by atoms with Gasteiger partial charge in [0.2, 0.25) is 5.91 Å². The van der Waals surface area contributed by atoms with Crippen molar-refractivity contribution in [1.82, 2.24) is 10.3 Å². The van der Waals surface area contributed by atoms with Crippen LogP contribution in [0.2, 0.25) is 0 Å². The normalized spacial score (nSPS) is 19.3. The summed E-state index contributed by atoms with van der Waals surface area (Å²) in [6.07, 6.45) is 22.1. The largest absolute Gasteiger partial charge is 0.481 e. The Hall–Kier alpha value is -2.41. The fourth-order valence-electron chi connectivity index (χ4n) is 4.03. The highest BCUT2D eigenvalue weighted by Gasteiger charge is 2.24. The van der Waals surface area contributed by atoms with Crippen LogP contribution in [0.4, 0.5) is 0 Å². The van der Waals surface area contributed by atoms with Crippen molar-refractivity contribution in [1.29, 1.82) is 0 Å². The lowest BCUT2D eigenvalue weighted by atomic mass is 9.87. The Morgan fingerprint density at radius 1 is 1.22 bits per heavy atom. The molecule has 2 saturated carbocycles. The summed E-state index contributed by atoms with van der Waals surface area (Å²) < 4.78 is 0. The first-order valence-corrected chi connectivity index (χ1v) is 14.1. The minimum Gasteiger partial charge on any atom is -0.481 e. The lowest BCUT2D eigenvalue weighted by Crippen LogP contribution is -2.23. The van der Waals surface area contributed by atoms with Crippen molar-refractivity contribution < 1.29 is 14.7 Å². The Morgan fingerprint density at radius 2 is 1.89 bits per heavy atom. The molecule has 0 aromatic heterocycles. The summed E-state index contributed by atoms with van der Waals surface area (Å²) in [6, 6.07) is 0. The second-order valence-electron chi connectivity index (χ2n) is 9.90. The third-order valence-corrected chi connectivity index (χ3v) is 6.73. The van der Waals surface area contributed by atoms with Crippen LogP contribution < -0.4 is 5.32 Å². The molecule has 0 aromatic carbocycles. The molecule has 2 N–H and O–H groups in total. The van der Waals surface area contributed by atoms with Crippen molar-refractivity contribution in [3.05, 3.63) is 47.7 Å². The number of amides is 1. The van der Waals surface area contributed by atoms with Gasteiger partial charge in [0.15, 0.2) is 0 Å². The van der Waals surface area contributed by atoms with Crippen molar-refractivity contribution in [2.24, 2.45) is 28.1 Å². The molecule has 0 heterocycles. The van der Waals surface area contributed by atoms with Gasteiger partial charge in [-0.1, -0.05) is 87.1 Å². The molecule has 3 rings (SSSR count). The smallest absolute Gasteiger partial charge is 0.303 e. The van der Waals surface area contributed by atoms with Gasteiger partial charge in [-0.3, -0.25) is 14.6 Å². The van der Waals surface area contributed by atoms with Crippen LogP contribution in [0.25, 0.3) is 0 Å². The zero-order chi connectivity index (χ0) is 27.5. The molecule has 208 valence electrons. The summed E-state index contributed by atoms with van der Waals surface area (Å²) in [7, 11) is 1.78. The van der Waals surface area contributed by atoms with Gasteiger partial charge in [0.25, 0.3) is 0 Å². The fourth-order valence-corrected chi connectivity index (χ4v) is 4.34. The van der Waals surface area contributed by atoms with Crippen LogP contribution >= 0.6 is 11.6 Å². The number of carboxylic acids is 1. The topological polar surface area (TPSA) is 94.4 Å². The minimum atomic E-state index is -0.745. The Morgan fingerprint density at radius 3 is 2.46 bits per heavy atom. The number of aliphatic carboxylic acids is 1. The van der Waals surface area contributed by atoms with E-state index in [1.165, 1.54) is 51.4 Å². The maximum absolute atomic E-state index is 11.5. The Labute approximate surface area is 228 Å². The summed E-state index contributed by atoms with van der Waals surface area (Å²) in [6.45, 7) is 9.48. The molecule has 1 unspecified atom stereocenters. The Bertz CT molecular complexity index is 812. The number of allylic oxidation sites excluding steroid dienone is 6. The molecule has 3 aliphatic rings. The number of hydrogen-bond donors (Lipinski definition) is 2. The molecule has 1 amide bonds. The van der Waals surface area contributed by atoms with Crippen LogP contribution in [0, 0.1) is 17.8 Å². The van der Waals surface area contributed by atoms with Crippen LogP contribution in [0.5, 0.6) is 0 Å². The quantitative estimate of drug-likeness (QED) is 0.164. The van der Waals surface area contributed by atoms with E-state index in [9.17, 15) is 9.59 Å². The van der Waals surface area contributed by atoms with Crippen molar-refractivity contribution in [2.75, 3.05) is 20.1 Å². The van der Waals surface area contributed by atoms with E-state index in [0.717, 1.165) is 24.9 Å². The Kier molecular flexibility index (Phi) is 17.3. The lowest BCUT2D eigenvalue weighted by Gasteiger charge is -2.24. The van der Waals surface area contributed by atoms with Crippen LogP contribution in [0.3, 0.4) is 0 Å². The summed E-state index contributed by atoms with van der Waals surface area (Å²) in [4.78, 5) is 20.9. The van der Waals surface area contributed by atoms with Gasteiger partial charge in [0.1, 0.15) is 0 Å². The highest BCUT2D eigenvalue weighted by Crippen LogP contribution is 2.31. The minimum absolute atomic E-state index is 0.0411. The standard InChI is InChI=1S/C13H16ClNO.C13H25N3.C3H6O2/c1-3-4-8-13(16)15-12-7-5-6-10(2)9-11(12)14;1-14-15-16(11-13-7-8-13)10-9-12-5-3-2-4-6-12;1-2-3(4)5/h3,5-7,9-10H,1,4,8H2,2H3,(H,15,16);12-13H,2-11H2,1H3;2H2,1H3,(H,4,5). The van der Waals surface area contributed by atoms with Gasteiger partial charge < -0.3 is 10.4 Å². The first-order valence-electron chi connectivity index (χ1n) is 13.7. The first kappa shape index (κ1) is 32.6. The van der Waals surface area contributed by atoms with Crippen molar-refractivity contribution in [2.45, 2.75) is 84.5 Å². The number of carbonyl (C=O) groups excluding carboxylic acids is 1. The average molecular weight is 535 g/mol. The number of carbonyl (C=O) groups is 2. The average Bonchev–Trinajstić information content (AvgIpc) is 3.72. The zero-order valence-electron chi connectivity index (χ0n) is 23.0. The summed E-state index contributed by atoms with van der Waals surface area (Å²) in [5, 5.41) is 21.5. The molecule has 8 heteroatoms. The van der Waals surface area contributed by atoms with E-state index in [-0.39, 0.29) is 18.2 Å². The van der Waals surface area contributed by atoms with Crippen molar-refractivity contribution in [3.63, 3.8) is 0 Å². The van der Waals surface area contributed by atoms with E-state index in [1.54, 1.807) is 20.0 Å². The van der Waals surface area contributed by atoms with E-state index >= 15 is 0 Å². The van der Waals surface area contributed by atoms with Crippen molar-refractivity contribution >= 4 is 23.5 Å². The molecule has 0 spiro atoms. The molecule has 0 saturated heterocycles. The molecular formula is C29H47ClN4O3. The molecule has 37 heavy (non-hydrogen) atoms. The molecule has 0 aliphatic heterocycles. The van der Waals surface area contributed by atoms with Crippen LogP contribution in [-0.2, 0) is 9.59 Å². The predicted octanol–water partition coefficient (Wildman–Crippen LogP) is 7.43. The lowest BCUT2D eigenvalue weighted by molar-refractivity contribution is -0.136. The third-order valence-electron chi connectivity index (χ3n) is 6.40. The third kappa shape index (κ3) is 16.9. The summed E-state index contributed by atoms with van der Waals surface area (Å²) in [5.41, 5.74) is 0.663. The zero-order valence-corrected chi connectivity index (χ0v) is 23.8. The van der Waals surface area contributed by atoms with Crippen LogP contribution in [-0.4, -0.2) is 42.1 Å². The van der Waals surface area contributed by atoms with Gasteiger partial charge in [-0.05, 0) is 49.5 Å². The number of nitrogens with zero attached hydrogens (tertiary/aromatic N) is 3. The molecule has 1 atom stereocenters. The molecule has 0 radical (unpaired) electrons. The van der Waals surface area contributed by atoms with Crippen LogP contribution in [0.1, 0.15) is 84.5 Å². The van der Waals surface area contributed by atoms with Gasteiger partial charge in [-0.2, -0.15) is 5.11 Å². The maximum atomic E-state index is 11.5. The first-order chi connectivity index (χ1) is 17.8. The molecule has 2 fully saturated rings. The number of hydrogen-bond acceptors (Lipinski definition) is 4. The monoisotopic (exact) mass is 534 g/mol. The second-order valence-corrected chi connectivity index (χ2v) is 10.3. The molecule has 0 aromatic rings. The Balaban J connectivity index is 0.000000314. The van der Waals surface area contributed by atoms with E-state index < -0.39 is 5.97 Å². The highest BCUT2D eigenvalue weighted by atomic mass is 35.5. The van der Waals surface area contributed by atoms with Gasteiger partial charge in [0, 0.05) is 25.9 Å². The van der Waals surface area contributed by atoms with E-state index in [2.05, 4.69) is 27.2 Å². The predicted molar refractivity (Wildman–Crippen MR) is 152 cm³/mol. The van der Waals surface area contributed by atoms with Gasteiger partial charge in [-0.25, -0.2) is 0 Å². The van der Waals surface area contributed by atoms with Gasteiger partial charge in [0.05, 0.1) is 17.8 Å². The van der Waals surface area contributed by atoms with Crippen LogP contribution in [0.15, 0.2) is 58.0 Å². The fraction of sp³-hybridized carbons (Fsp3) is 0.655. The summed E-state index contributed by atoms with van der Waals surface area (Å²) in [5.74, 6) is 1.37. The molecule has 3 aliphatic carbocycles. The summed E-state index contributed by atoms with van der Waals surface area (Å²) >= 11 is 6.08. The highest BCUT2D eigenvalue weighted by molar-refractivity contribution is 6.32. The van der Waals surface area contributed by atoms with E-state index in [1.807, 2.05) is 31.2 Å².